The summed E-state index contributed by atoms with van der Waals surface area (Å²) in [7, 11) is 0. The zero-order chi connectivity index (χ0) is 11.3. The Bertz CT molecular complexity index is 389. The minimum Gasteiger partial charge on any atom is -0.545 e. The summed E-state index contributed by atoms with van der Waals surface area (Å²) in [5.41, 5.74) is 1.80. The van der Waals surface area contributed by atoms with Gasteiger partial charge in [0.2, 0.25) is 6.41 Å². The van der Waals surface area contributed by atoms with Crippen molar-refractivity contribution in [3.8, 4) is 0 Å². The Labute approximate surface area is 133 Å². The first kappa shape index (κ1) is 15.3. The summed E-state index contributed by atoms with van der Waals surface area (Å²) in [5, 5.41) is 10.4. The number of benzene rings is 1. The van der Waals surface area contributed by atoms with E-state index in [1.807, 2.05) is 0 Å². The number of carboxylic acids is 1. The van der Waals surface area contributed by atoms with E-state index in [2.05, 4.69) is 4.84 Å². The molecule has 0 spiro atoms. The van der Waals surface area contributed by atoms with Crippen LogP contribution >= 0.6 is 0 Å². The molecular weight excluding hydrogens is 241 g/mol. The van der Waals surface area contributed by atoms with Crippen LogP contribution in [0.2, 0.25) is 0 Å². The minimum atomic E-state index is -1.33. The van der Waals surface area contributed by atoms with Gasteiger partial charge in [-0.1, -0.05) is 12.1 Å². The largest absolute Gasteiger partial charge is 1.00 e. The topological polar surface area (TPSA) is 95.5 Å². The van der Waals surface area contributed by atoms with Crippen LogP contribution in [0.1, 0.15) is 20.7 Å². The van der Waals surface area contributed by atoms with Gasteiger partial charge in [-0.3, -0.25) is 4.79 Å². The van der Waals surface area contributed by atoms with Crippen molar-refractivity contribution in [2.75, 3.05) is 0 Å². The molecule has 0 unspecified atom stereocenters. The molecule has 0 aliphatic carbocycles. The normalized spacial score (nSPS) is 8.50. The average molecular weight is 247 g/mol. The number of nitrogens with one attached hydrogen (secondary N) is 1. The standard InChI is InChI=1S/C9H7NO5.K/c11-5-10-15-9(14)7-3-1-6(2-4-7)8(12)13;/h1-5H,(H,10,11)(H,12,13);/q;+1/p-1. The Kier molecular flexibility index (Phi) is 7.18. The maximum absolute atomic E-state index is 11.1. The second kappa shape index (κ2) is 7.53. The van der Waals surface area contributed by atoms with Crippen LogP contribution in [0.3, 0.4) is 0 Å². The number of hydrogen-bond donors (Lipinski definition) is 1. The first-order chi connectivity index (χ1) is 7.15. The van der Waals surface area contributed by atoms with E-state index >= 15 is 0 Å². The van der Waals surface area contributed by atoms with Crippen LogP contribution < -0.4 is 62.0 Å². The van der Waals surface area contributed by atoms with Gasteiger partial charge in [-0.2, -0.15) is 5.48 Å². The summed E-state index contributed by atoms with van der Waals surface area (Å²) in [5.74, 6) is -2.12. The van der Waals surface area contributed by atoms with Crippen molar-refractivity contribution < 1.29 is 75.7 Å². The fourth-order valence-corrected chi connectivity index (χ4v) is 0.879. The molecule has 1 aromatic rings. The van der Waals surface area contributed by atoms with Crippen molar-refractivity contribution in [1.82, 2.24) is 5.48 Å². The van der Waals surface area contributed by atoms with Crippen LogP contribution in [0.25, 0.3) is 0 Å². The molecular formula is C9H6KNO5. The Morgan fingerprint density at radius 1 is 1.19 bits per heavy atom. The van der Waals surface area contributed by atoms with Crippen molar-refractivity contribution in [3.63, 3.8) is 0 Å². The van der Waals surface area contributed by atoms with Gasteiger partial charge in [-0.05, 0) is 17.7 Å². The van der Waals surface area contributed by atoms with E-state index in [-0.39, 0.29) is 68.9 Å². The molecule has 0 aromatic heterocycles. The molecule has 16 heavy (non-hydrogen) atoms. The quantitative estimate of drug-likeness (QED) is 0.331. The fourth-order valence-electron chi connectivity index (χ4n) is 0.879. The zero-order valence-electron chi connectivity index (χ0n) is 8.43. The maximum Gasteiger partial charge on any atom is 1.00 e. The molecule has 0 atom stereocenters. The van der Waals surface area contributed by atoms with Gasteiger partial charge >= 0.3 is 57.4 Å². The van der Waals surface area contributed by atoms with Gasteiger partial charge in [0.05, 0.1) is 11.5 Å². The summed E-state index contributed by atoms with van der Waals surface area (Å²) in [6.45, 7) is 0. The van der Waals surface area contributed by atoms with Gasteiger partial charge in [-0.15, -0.1) is 0 Å². The van der Waals surface area contributed by atoms with Gasteiger partial charge in [0.15, 0.2) is 0 Å². The van der Waals surface area contributed by atoms with E-state index in [0.717, 1.165) is 0 Å². The van der Waals surface area contributed by atoms with Crippen LogP contribution in [0.15, 0.2) is 24.3 Å². The third kappa shape index (κ3) is 4.41. The van der Waals surface area contributed by atoms with Gasteiger partial charge in [0.1, 0.15) is 0 Å². The number of rotatable bonds is 4. The van der Waals surface area contributed by atoms with E-state index in [0.29, 0.717) is 0 Å². The number of amides is 1. The SMILES string of the molecule is O=CNOC(=O)c1ccc(C(=O)[O-])cc1.[K+]. The number of hydroxylamine groups is 1. The van der Waals surface area contributed by atoms with Crippen molar-refractivity contribution in [2.24, 2.45) is 0 Å². The van der Waals surface area contributed by atoms with E-state index in [1.54, 1.807) is 5.48 Å². The number of carbonyl (C=O) groups is 3. The molecule has 1 aromatic carbocycles. The Morgan fingerprint density at radius 2 is 1.69 bits per heavy atom. The first-order valence-electron chi connectivity index (χ1n) is 3.87. The number of aromatic carboxylic acids is 1. The van der Waals surface area contributed by atoms with Crippen molar-refractivity contribution in [1.29, 1.82) is 0 Å². The van der Waals surface area contributed by atoms with Crippen LogP contribution in [-0.2, 0) is 9.63 Å². The molecule has 0 fully saturated rings. The summed E-state index contributed by atoms with van der Waals surface area (Å²) in [6.07, 6.45) is 0.202. The molecule has 1 rings (SSSR count). The Balaban J connectivity index is 0.00000225. The molecule has 0 saturated carbocycles. The molecule has 0 aliphatic heterocycles. The number of hydrogen-bond acceptors (Lipinski definition) is 5. The van der Waals surface area contributed by atoms with Crippen LogP contribution in [0, 0.1) is 0 Å². The monoisotopic (exact) mass is 247 g/mol. The van der Waals surface area contributed by atoms with Gasteiger partial charge in [0, 0.05) is 0 Å². The molecule has 0 saturated heterocycles. The van der Waals surface area contributed by atoms with E-state index < -0.39 is 11.9 Å². The second-order valence-electron chi connectivity index (χ2n) is 2.49. The molecule has 0 radical (unpaired) electrons. The maximum atomic E-state index is 11.1. The number of carboxylic acid groups (broad SMARTS) is 1. The molecule has 7 heteroatoms. The fraction of sp³-hybridized carbons (Fsp3) is 0. The molecule has 78 valence electrons. The molecule has 0 aliphatic rings. The molecule has 1 amide bonds. The van der Waals surface area contributed by atoms with Crippen LogP contribution in [0.5, 0.6) is 0 Å². The van der Waals surface area contributed by atoms with Crippen LogP contribution in [0.4, 0.5) is 0 Å². The van der Waals surface area contributed by atoms with Gasteiger partial charge in [-0.25, -0.2) is 4.79 Å². The van der Waals surface area contributed by atoms with Crippen molar-refractivity contribution in [3.05, 3.63) is 35.4 Å². The Morgan fingerprint density at radius 3 is 2.12 bits per heavy atom. The van der Waals surface area contributed by atoms with Crippen molar-refractivity contribution >= 4 is 18.3 Å². The molecule has 6 nitrogen and oxygen atoms in total. The van der Waals surface area contributed by atoms with E-state index in [4.69, 9.17) is 0 Å². The van der Waals surface area contributed by atoms with Gasteiger partial charge in [0.25, 0.3) is 0 Å². The smallest absolute Gasteiger partial charge is 0.545 e. The molecule has 1 N–H and O–H groups in total. The summed E-state index contributed by atoms with van der Waals surface area (Å²) < 4.78 is 0. The summed E-state index contributed by atoms with van der Waals surface area (Å²) >= 11 is 0. The Hall–Kier alpha value is -0.734. The second-order valence-corrected chi connectivity index (χ2v) is 2.49. The third-order valence-corrected chi connectivity index (χ3v) is 1.56. The minimum absolute atomic E-state index is 0. The first-order valence-corrected chi connectivity index (χ1v) is 3.87. The molecule has 0 heterocycles. The summed E-state index contributed by atoms with van der Waals surface area (Å²) in [4.78, 5) is 35.5. The van der Waals surface area contributed by atoms with E-state index in [1.165, 1.54) is 24.3 Å². The average Bonchev–Trinajstić information content (AvgIpc) is 2.26. The van der Waals surface area contributed by atoms with E-state index in [9.17, 15) is 19.5 Å². The van der Waals surface area contributed by atoms with Crippen LogP contribution in [-0.4, -0.2) is 18.3 Å². The third-order valence-electron chi connectivity index (χ3n) is 1.56. The predicted molar refractivity (Wildman–Crippen MR) is 45.4 cm³/mol. The predicted octanol–water partition coefficient (Wildman–Crippen LogP) is -4.13. The summed E-state index contributed by atoms with van der Waals surface area (Å²) in [6, 6.07) is 4.90. The van der Waals surface area contributed by atoms with Gasteiger partial charge < -0.3 is 14.7 Å². The zero-order valence-corrected chi connectivity index (χ0v) is 11.6. The van der Waals surface area contributed by atoms with Crippen molar-refractivity contribution in [2.45, 2.75) is 0 Å². The molecule has 0 bridgehead atoms. The number of carbonyl (C=O) groups excluding carboxylic acids is 3.